The third-order valence-electron chi connectivity index (χ3n) is 5.76. The summed E-state index contributed by atoms with van der Waals surface area (Å²) in [4.78, 5) is 29.8. The number of rotatable bonds is 5. The van der Waals surface area contributed by atoms with Crippen LogP contribution in [-0.4, -0.2) is 46.9 Å². The summed E-state index contributed by atoms with van der Waals surface area (Å²) in [7, 11) is 0. The first-order chi connectivity index (χ1) is 15.2. The molecule has 1 aliphatic rings. The molecule has 0 aliphatic carbocycles. The highest BCUT2D eigenvalue weighted by atomic mass is 19.4. The van der Waals surface area contributed by atoms with Crippen LogP contribution in [0.2, 0.25) is 0 Å². The van der Waals surface area contributed by atoms with Gasteiger partial charge >= 0.3 is 6.18 Å². The lowest BCUT2D eigenvalue weighted by molar-refractivity contribution is -0.384. The number of aryl methyl sites for hydroxylation is 1. The van der Waals surface area contributed by atoms with Crippen molar-refractivity contribution in [2.45, 2.75) is 19.0 Å². The van der Waals surface area contributed by atoms with Gasteiger partial charge in [0.2, 0.25) is 5.91 Å². The molecule has 1 aromatic heterocycles. The Morgan fingerprint density at radius 3 is 2.50 bits per heavy atom. The lowest BCUT2D eigenvalue weighted by Gasteiger charge is -2.36. The maximum atomic E-state index is 12.9. The van der Waals surface area contributed by atoms with Gasteiger partial charge in [0.15, 0.2) is 0 Å². The van der Waals surface area contributed by atoms with Crippen LogP contribution >= 0.6 is 0 Å². The molecular formula is C22H21F3N4O3. The molecule has 0 bridgehead atoms. The molecule has 1 amide bonds. The van der Waals surface area contributed by atoms with E-state index in [0.29, 0.717) is 45.1 Å². The number of nitrogens with zero attached hydrogens (tertiary/aromatic N) is 3. The van der Waals surface area contributed by atoms with Gasteiger partial charge in [0.1, 0.15) is 5.69 Å². The molecule has 2 heterocycles. The lowest BCUT2D eigenvalue weighted by Crippen LogP contribution is -2.49. The zero-order valence-electron chi connectivity index (χ0n) is 17.1. The zero-order valence-corrected chi connectivity index (χ0v) is 17.1. The number of benzene rings is 2. The van der Waals surface area contributed by atoms with Gasteiger partial charge in [0.05, 0.1) is 10.5 Å². The number of hydrogen-bond donors (Lipinski definition) is 1. The Morgan fingerprint density at radius 2 is 1.81 bits per heavy atom. The zero-order chi connectivity index (χ0) is 22.9. The van der Waals surface area contributed by atoms with Crippen LogP contribution in [0.4, 0.5) is 24.5 Å². The number of hydrogen-bond acceptors (Lipinski definition) is 4. The number of nitrogens with one attached hydrogen (secondary N) is 1. The molecule has 7 nitrogen and oxygen atoms in total. The van der Waals surface area contributed by atoms with Crippen molar-refractivity contribution in [3.05, 3.63) is 69.9 Å². The molecule has 10 heteroatoms. The minimum absolute atomic E-state index is 0.0168. The van der Waals surface area contributed by atoms with Crippen molar-refractivity contribution < 1.29 is 22.9 Å². The molecule has 0 unspecified atom stereocenters. The summed E-state index contributed by atoms with van der Waals surface area (Å²) in [6.07, 6.45) is -1.82. The van der Waals surface area contributed by atoms with E-state index in [-0.39, 0.29) is 11.6 Å². The second-order valence-corrected chi connectivity index (χ2v) is 7.69. The van der Waals surface area contributed by atoms with Gasteiger partial charge < -0.3 is 14.8 Å². The lowest BCUT2D eigenvalue weighted by atomic mass is 10.1. The maximum absolute atomic E-state index is 12.9. The molecule has 1 saturated heterocycles. The molecule has 0 radical (unpaired) electrons. The average molecular weight is 446 g/mol. The van der Waals surface area contributed by atoms with Crippen LogP contribution in [0, 0.1) is 10.1 Å². The Labute approximate surface area is 181 Å². The van der Waals surface area contributed by atoms with E-state index in [1.54, 1.807) is 9.80 Å². The second kappa shape index (κ2) is 8.52. The van der Waals surface area contributed by atoms with E-state index >= 15 is 0 Å². The van der Waals surface area contributed by atoms with Crippen LogP contribution in [-0.2, 0) is 17.4 Å². The fourth-order valence-electron chi connectivity index (χ4n) is 4.05. The van der Waals surface area contributed by atoms with Crippen molar-refractivity contribution in [2.75, 3.05) is 31.1 Å². The Bertz CT molecular complexity index is 1150. The third-order valence-corrected chi connectivity index (χ3v) is 5.76. The first kappa shape index (κ1) is 21.7. The van der Waals surface area contributed by atoms with E-state index in [1.165, 1.54) is 0 Å². The number of nitro groups is 1. The summed E-state index contributed by atoms with van der Waals surface area (Å²) in [5, 5.41) is 12.4. The second-order valence-electron chi connectivity index (χ2n) is 7.69. The number of piperazine rings is 1. The van der Waals surface area contributed by atoms with E-state index < -0.39 is 22.4 Å². The van der Waals surface area contributed by atoms with Crippen molar-refractivity contribution in [2.24, 2.45) is 0 Å². The van der Waals surface area contributed by atoms with Crippen molar-refractivity contribution in [1.29, 1.82) is 0 Å². The first-order valence-corrected chi connectivity index (χ1v) is 10.2. The summed E-state index contributed by atoms with van der Waals surface area (Å²) < 4.78 is 38.8. The molecule has 0 saturated carbocycles. The van der Waals surface area contributed by atoms with Crippen molar-refractivity contribution in [1.82, 2.24) is 9.88 Å². The Kier molecular flexibility index (Phi) is 5.77. The minimum atomic E-state index is -4.65. The van der Waals surface area contributed by atoms with E-state index in [4.69, 9.17) is 0 Å². The van der Waals surface area contributed by atoms with Crippen molar-refractivity contribution >= 4 is 28.2 Å². The molecule has 4 rings (SSSR count). The molecule has 168 valence electrons. The van der Waals surface area contributed by atoms with Crippen LogP contribution in [0.1, 0.15) is 17.5 Å². The molecular weight excluding hydrogens is 425 g/mol. The van der Waals surface area contributed by atoms with Crippen LogP contribution in [0.15, 0.2) is 48.7 Å². The average Bonchev–Trinajstić information content (AvgIpc) is 3.19. The molecule has 3 aromatic rings. The van der Waals surface area contributed by atoms with Gasteiger partial charge in [0.25, 0.3) is 5.69 Å². The predicted molar refractivity (Wildman–Crippen MR) is 114 cm³/mol. The Hall–Kier alpha value is -3.56. The number of halogens is 3. The number of carbonyl (C=O) groups is 1. The topological polar surface area (TPSA) is 82.5 Å². The Balaban J connectivity index is 1.38. The number of para-hydroxylation sites is 1. The molecule has 1 aliphatic heterocycles. The highest BCUT2D eigenvalue weighted by molar-refractivity contribution is 5.84. The standard InChI is InChI=1S/C22H21F3N4O3/c23-22(24,25)16-6-7-19(20(13-16)29(31)32)27-9-11-28(12-10-27)21(30)8-5-15-14-26-18-4-2-1-3-17(15)18/h1-4,6-7,13-14,26H,5,8-12H2. The molecule has 32 heavy (non-hydrogen) atoms. The quantitative estimate of drug-likeness (QED) is 0.466. The number of aromatic amines is 1. The number of nitro benzene ring substituents is 1. The molecule has 0 spiro atoms. The Morgan fingerprint density at radius 1 is 1.09 bits per heavy atom. The smallest absolute Gasteiger partial charge is 0.362 e. The predicted octanol–water partition coefficient (Wildman–Crippen LogP) is 4.38. The van der Waals surface area contributed by atoms with Gasteiger partial charge in [-0.2, -0.15) is 13.2 Å². The fraction of sp³-hybridized carbons (Fsp3) is 0.318. The number of amides is 1. The number of aromatic nitrogens is 1. The molecule has 1 N–H and O–H groups in total. The van der Waals surface area contributed by atoms with Crippen LogP contribution < -0.4 is 4.90 Å². The van der Waals surface area contributed by atoms with Gasteiger partial charge in [-0.05, 0) is 30.2 Å². The molecule has 1 fully saturated rings. The van der Waals surface area contributed by atoms with Gasteiger partial charge in [-0.15, -0.1) is 0 Å². The van der Waals surface area contributed by atoms with Crippen LogP contribution in [0.25, 0.3) is 10.9 Å². The number of carbonyl (C=O) groups excluding carboxylic acids is 1. The largest absolute Gasteiger partial charge is 0.416 e. The van der Waals surface area contributed by atoms with Gasteiger partial charge in [-0.1, -0.05) is 18.2 Å². The summed E-state index contributed by atoms with van der Waals surface area (Å²) in [5.41, 5.74) is 0.571. The summed E-state index contributed by atoms with van der Waals surface area (Å²) in [6, 6.07) is 10.4. The SMILES string of the molecule is O=C(CCc1c[nH]c2ccccc12)N1CCN(c2ccc(C(F)(F)F)cc2[N+](=O)[O-])CC1. The van der Waals surface area contributed by atoms with Crippen LogP contribution in [0.5, 0.6) is 0 Å². The normalized spacial score (nSPS) is 14.7. The number of H-pyrrole nitrogens is 1. The van der Waals surface area contributed by atoms with Gasteiger partial charge in [0, 0.05) is 55.8 Å². The van der Waals surface area contributed by atoms with Crippen molar-refractivity contribution in [3.8, 4) is 0 Å². The summed E-state index contributed by atoms with van der Waals surface area (Å²) in [5.74, 6) is -0.0168. The highest BCUT2D eigenvalue weighted by Crippen LogP contribution is 2.36. The fourth-order valence-corrected chi connectivity index (χ4v) is 4.05. The summed E-state index contributed by atoms with van der Waals surface area (Å²) in [6.45, 7) is 1.33. The molecule has 0 atom stereocenters. The molecule has 2 aromatic carbocycles. The van der Waals surface area contributed by atoms with Gasteiger partial charge in [-0.25, -0.2) is 0 Å². The van der Waals surface area contributed by atoms with E-state index in [9.17, 15) is 28.1 Å². The number of anilines is 1. The van der Waals surface area contributed by atoms with E-state index in [0.717, 1.165) is 28.6 Å². The number of fused-ring (bicyclic) bond motifs is 1. The first-order valence-electron chi connectivity index (χ1n) is 10.2. The van der Waals surface area contributed by atoms with E-state index in [1.807, 2.05) is 30.5 Å². The maximum Gasteiger partial charge on any atom is 0.416 e. The summed E-state index contributed by atoms with van der Waals surface area (Å²) >= 11 is 0. The minimum Gasteiger partial charge on any atom is -0.362 e. The third kappa shape index (κ3) is 4.39. The van der Waals surface area contributed by atoms with Crippen LogP contribution in [0.3, 0.4) is 0 Å². The van der Waals surface area contributed by atoms with Gasteiger partial charge in [-0.3, -0.25) is 14.9 Å². The van der Waals surface area contributed by atoms with Crippen molar-refractivity contribution in [3.63, 3.8) is 0 Å². The number of alkyl halides is 3. The van der Waals surface area contributed by atoms with E-state index in [2.05, 4.69) is 4.98 Å². The highest BCUT2D eigenvalue weighted by Gasteiger charge is 2.34. The monoisotopic (exact) mass is 446 g/mol.